The Hall–Kier alpha value is -1.65. The second kappa shape index (κ2) is 3.84. The Morgan fingerprint density at radius 2 is 2.33 bits per heavy atom. The molecule has 0 aromatic carbocycles. The molecule has 0 saturated heterocycles. The summed E-state index contributed by atoms with van der Waals surface area (Å²) in [5, 5.41) is 0. The van der Waals surface area contributed by atoms with Crippen molar-refractivity contribution in [1.82, 2.24) is 9.97 Å². The molecule has 0 aliphatic heterocycles. The summed E-state index contributed by atoms with van der Waals surface area (Å²) in [5.41, 5.74) is 6.28. The van der Waals surface area contributed by atoms with Crippen LogP contribution in [0.15, 0.2) is 6.20 Å². The third kappa shape index (κ3) is 2.06. The number of nitrogens with zero attached hydrogens (tertiary/aromatic N) is 2. The summed E-state index contributed by atoms with van der Waals surface area (Å²) in [6.45, 7) is 1.35. The number of anilines is 1. The molecule has 1 heterocycles. The molecule has 1 fully saturated rings. The second-order valence-electron chi connectivity index (χ2n) is 3.71. The van der Waals surface area contributed by atoms with Crippen molar-refractivity contribution in [1.29, 1.82) is 0 Å². The molecule has 0 atom stereocenters. The molecular formula is C10H13N3O2. The Morgan fingerprint density at radius 1 is 1.60 bits per heavy atom. The molecule has 15 heavy (non-hydrogen) atoms. The molecular weight excluding hydrogens is 194 g/mol. The van der Waals surface area contributed by atoms with Gasteiger partial charge in [-0.3, -0.25) is 4.79 Å². The minimum atomic E-state index is -0.380. The Labute approximate surface area is 87.7 Å². The van der Waals surface area contributed by atoms with E-state index in [9.17, 15) is 4.79 Å². The van der Waals surface area contributed by atoms with Crippen LogP contribution in [0.3, 0.4) is 0 Å². The van der Waals surface area contributed by atoms with Gasteiger partial charge >= 0.3 is 5.97 Å². The normalized spacial score (nSPS) is 15.8. The fraction of sp³-hybridized carbons (Fsp3) is 0.500. The van der Waals surface area contributed by atoms with Gasteiger partial charge in [0.05, 0.1) is 6.20 Å². The van der Waals surface area contributed by atoms with Gasteiger partial charge in [-0.1, -0.05) is 6.42 Å². The van der Waals surface area contributed by atoms with Crippen LogP contribution < -0.4 is 10.5 Å². The lowest BCUT2D eigenvalue weighted by Crippen LogP contribution is -2.16. The monoisotopic (exact) mass is 207 g/mol. The number of nitrogens with two attached hydrogens (primary N) is 1. The minimum Gasteiger partial charge on any atom is -0.406 e. The van der Waals surface area contributed by atoms with E-state index in [4.69, 9.17) is 10.5 Å². The number of nitrogen functional groups attached to an aromatic ring is 1. The van der Waals surface area contributed by atoms with Gasteiger partial charge in [0.1, 0.15) is 11.5 Å². The maximum atomic E-state index is 10.9. The van der Waals surface area contributed by atoms with Crippen molar-refractivity contribution in [2.45, 2.75) is 32.1 Å². The van der Waals surface area contributed by atoms with Crippen LogP contribution in [0.25, 0.3) is 0 Å². The van der Waals surface area contributed by atoms with E-state index in [1.165, 1.54) is 19.5 Å². The predicted molar refractivity (Wildman–Crippen MR) is 54.3 cm³/mol. The van der Waals surface area contributed by atoms with Crippen LogP contribution in [0.5, 0.6) is 5.88 Å². The summed E-state index contributed by atoms with van der Waals surface area (Å²) in [7, 11) is 0. The molecule has 0 unspecified atom stereocenters. The number of esters is 1. The van der Waals surface area contributed by atoms with Gasteiger partial charge in [0.15, 0.2) is 0 Å². The van der Waals surface area contributed by atoms with Crippen LogP contribution in [-0.2, 0) is 4.79 Å². The molecule has 80 valence electrons. The Morgan fingerprint density at radius 3 is 2.87 bits per heavy atom. The average Bonchev–Trinajstić information content (AvgIpc) is 2.06. The maximum Gasteiger partial charge on any atom is 0.309 e. The molecule has 0 spiro atoms. The van der Waals surface area contributed by atoms with Crippen LogP contribution in [0, 0.1) is 0 Å². The average molecular weight is 207 g/mol. The van der Waals surface area contributed by atoms with Crippen molar-refractivity contribution in [3.05, 3.63) is 11.9 Å². The topological polar surface area (TPSA) is 78.1 Å². The Balaban J connectivity index is 2.30. The van der Waals surface area contributed by atoms with Gasteiger partial charge in [0.25, 0.3) is 0 Å². The summed E-state index contributed by atoms with van der Waals surface area (Å²) in [4.78, 5) is 19.0. The molecule has 2 N–H and O–H groups in total. The van der Waals surface area contributed by atoms with Crippen molar-refractivity contribution >= 4 is 11.8 Å². The van der Waals surface area contributed by atoms with E-state index < -0.39 is 0 Å². The van der Waals surface area contributed by atoms with Gasteiger partial charge in [0.2, 0.25) is 5.88 Å². The largest absolute Gasteiger partial charge is 0.406 e. The van der Waals surface area contributed by atoms with Gasteiger partial charge < -0.3 is 10.5 Å². The van der Waals surface area contributed by atoms with E-state index in [2.05, 4.69) is 9.97 Å². The van der Waals surface area contributed by atoms with Crippen molar-refractivity contribution in [2.24, 2.45) is 0 Å². The lowest BCUT2D eigenvalue weighted by molar-refractivity contribution is -0.132. The van der Waals surface area contributed by atoms with Gasteiger partial charge in [-0.05, 0) is 12.8 Å². The fourth-order valence-corrected chi connectivity index (χ4v) is 1.57. The van der Waals surface area contributed by atoms with Gasteiger partial charge in [-0.25, -0.2) is 9.97 Å². The fourth-order valence-electron chi connectivity index (χ4n) is 1.57. The van der Waals surface area contributed by atoms with Gasteiger partial charge in [-0.2, -0.15) is 0 Å². The molecule has 1 saturated carbocycles. The summed E-state index contributed by atoms with van der Waals surface area (Å²) < 4.78 is 4.99. The van der Waals surface area contributed by atoms with E-state index in [-0.39, 0.29) is 5.97 Å². The molecule has 1 aromatic rings. The molecule has 1 aromatic heterocycles. The standard InChI is InChI=1S/C10H13N3O2/c1-6(14)15-10-9(7-3-2-4-7)13-8(11)5-12-10/h5,7H,2-4H2,1H3,(H2,11,13). The lowest BCUT2D eigenvalue weighted by Gasteiger charge is -2.25. The highest BCUT2D eigenvalue weighted by atomic mass is 16.5. The van der Waals surface area contributed by atoms with Crippen LogP contribution in [-0.4, -0.2) is 15.9 Å². The first-order valence-corrected chi connectivity index (χ1v) is 4.97. The van der Waals surface area contributed by atoms with Gasteiger partial charge in [0, 0.05) is 12.8 Å². The highest BCUT2D eigenvalue weighted by molar-refractivity contribution is 5.69. The zero-order valence-electron chi connectivity index (χ0n) is 8.56. The number of carbonyl (C=O) groups is 1. The van der Waals surface area contributed by atoms with E-state index in [1.54, 1.807) is 0 Å². The van der Waals surface area contributed by atoms with E-state index >= 15 is 0 Å². The van der Waals surface area contributed by atoms with Crippen molar-refractivity contribution in [3.63, 3.8) is 0 Å². The number of hydrogen-bond donors (Lipinski definition) is 1. The first-order chi connectivity index (χ1) is 7.16. The highest BCUT2D eigenvalue weighted by Crippen LogP contribution is 2.39. The Bertz CT molecular complexity index is 388. The van der Waals surface area contributed by atoms with Crippen molar-refractivity contribution in [2.75, 3.05) is 5.73 Å². The smallest absolute Gasteiger partial charge is 0.309 e. The van der Waals surface area contributed by atoms with Crippen LogP contribution >= 0.6 is 0 Å². The summed E-state index contributed by atoms with van der Waals surface area (Å²) in [6.07, 6.45) is 4.71. The van der Waals surface area contributed by atoms with Crippen molar-refractivity contribution in [3.8, 4) is 5.88 Å². The quantitative estimate of drug-likeness (QED) is 0.738. The van der Waals surface area contributed by atoms with Crippen molar-refractivity contribution < 1.29 is 9.53 Å². The summed E-state index contributed by atoms with van der Waals surface area (Å²) in [5.74, 6) is 0.638. The Kier molecular flexibility index (Phi) is 2.53. The third-order valence-corrected chi connectivity index (χ3v) is 2.52. The summed E-state index contributed by atoms with van der Waals surface area (Å²) >= 11 is 0. The zero-order valence-corrected chi connectivity index (χ0v) is 8.56. The maximum absolute atomic E-state index is 10.9. The molecule has 0 radical (unpaired) electrons. The first-order valence-electron chi connectivity index (χ1n) is 4.97. The number of carbonyl (C=O) groups excluding carboxylic acids is 1. The second-order valence-corrected chi connectivity index (χ2v) is 3.71. The van der Waals surface area contributed by atoms with Crippen LogP contribution in [0.4, 0.5) is 5.82 Å². The zero-order chi connectivity index (χ0) is 10.8. The molecule has 1 aliphatic carbocycles. The highest BCUT2D eigenvalue weighted by Gasteiger charge is 2.26. The lowest BCUT2D eigenvalue weighted by atomic mass is 9.83. The first kappa shape index (κ1) is 9.89. The minimum absolute atomic E-state index is 0.307. The molecule has 5 nitrogen and oxygen atoms in total. The number of rotatable bonds is 2. The molecule has 1 aliphatic rings. The molecule has 5 heteroatoms. The number of ether oxygens (including phenoxy) is 1. The van der Waals surface area contributed by atoms with Crippen LogP contribution in [0.2, 0.25) is 0 Å². The van der Waals surface area contributed by atoms with E-state index in [1.807, 2.05) is 0 Å². The molecule has 0 bridgehead atoms. The van der Waals surface area contributed by atoms with Crippen LogP contribution in [0.1, 0.15) is 37.8 Å². The predicted octanol–water partition coefficient (Wildman–Crippen LogP) is 1.25. The number of aromatic nitrogens is 2. The third-order valence-electron chi connectivity index (χ3n) is 2.52. The SMILES string of the molecule is CC(=O)Oc1ncc(N)nc1C1CCC1. The van der Waals surface area contributed by atoms with E-state index in [0.29, 0.717) is 17.6 Å². The van der Waals surface area contributed by atoms with E-state index in [0.717, 1.165) is 18.5 Å². The summed E-state index contributed by atoms with van der Waals surface area (Å²) in [6, 6.07) is 0. The molecule has 0 amide bonds. The molecule has 2 rings (SSSR count). The number of hydrogen-bond acceptors (Lipinski definition) is 5. The van der Waals surface area contributed by atoms with Gasteiger partial charge in [-0.15, -0.1) is 0 Å².